The van der Waals surface area contributed by atoms with Gasteiger partial charge in [0.15, 0.2) is 16.8 Å². The first kappa shape index (κ1) is 18.5. The number of ether oxygens (including phenoxy) is 1. The van der Waals surface area contributed by atoms with E-state index in [1.54, 1.807) is 6.20 Å². The second kappa shape index (κ2) is 8.84. The molecule has 1 aromatic heterocycles. The number of nitrogens with one attached hydrogen (secondary N) is 1. The maximum atomic E-state index is 13.2. The summed E-state index contributed by atoms with van der Waals surface area (Å²) in [7, 11) is 0. The highest BCUT2D eigenvalue weighted by molar-refractivity contribution is 7.15. The zero-order valence-electron chi connectivity index (χ0n) is 13.6. The highest BCUT2D eigenvalue weighted by atomic mass is 32.1. The van der Waals surface area contributed by atoms with Gasteiger partial charge < -0.3 is 10.1 Å². The maximum Gasteiger partial charge on any atom is 0.228 e. The van der Waals surface area contributed by atoms with Gasteiger partial charge in [0.1, 0.15) is 0 Å². The first-order valence-corrected chi connectivity index (χ1v) is 8.52. The van der Waals surface area contributed by atoms with Gasteiger partial charge in [0.2, 0.25) is 5.91 Å². The Bertz CT molecular complexity index is 689. The van der Waals surface area contributed by atoms with Crippen LogP contribution in [0.3, 0.4) is 0 Å². The second-order valence-electron chi connectivity index (χ2n) is 5.82. The molecule has 7 heteroatoms. The van der Waals surface area contributed by atoms with E-state index in [0.717, 1.165) is 10.9 Å². The van der Waals surface area contributed by atoms with Crippen LogP contribution in [0.15, 0.2) is 24.4 Å². The van der Waals surface area contributed by atoms with Gasteiger partial charge in [0.05, 0.1) is 13.0 Å². The SMILES string of the molecule is CC(C)COCCC(=O)Nc1ncc(Cc2ccc(F)c(F)c2)s1. The van der Waals surface area contributed by atoms with Crippen molar-refractivity contribution in [3.8, 4) is 0 Å². The number of thiazole rings is 1. The van der Waals surface area contributed by atoms with Crippen molar-refractivity contribution in [2.45, 2.75) is 26.7 Å². The number of anilines is 1. The van der Waals surface area contributed by atoms with E-state index < -0.39 is 11.6 Å². The van der Waals surface area contributed by atoms with E-state index in [0.29, 0.717) is 36.2 Å². The molecule has 4 nitrogen and oxygen atoms in total. The minimum Gasteiger partial charge on any atom is -0.381 e. The monoisotopic (exact) mass is 354 g/mol. The number of hydrogen-bond donors (Lipinski definition) is 1. The van der Waals surface area contributed by atoms with E-state index in [9.17, 15) is 13.6 Å². The minimum atomic E-state index is -0.869. The summed E-state index contributed by atoms with van der Waals surface area (Å²) in [6.07, 6.45) is 2.32. The van der Waals surface area contributed by atoms with Crippen molar-refractivity contribution in [3.63, 3.8) is 0 Å². The molecule has 2 rings (SSSR count). The van der Waals surface area contributed by atoms with Crippen LogP contribution in [0.5, 0.6) is 0 Å². The van der Waals surface area contributed by atoms with E-state index in [2.05, 4.69) is 10.3 Å². The van der Waals surface area contributed by atoms with E-state index in [1.165, 1.54) is 23.5 Å². The molecule has 0 spiro atoms. The largest absolute Gasteiger partial charge is 0.381 e. The summed E-state index contributed by atoms with van der Waals surface area (Å²) in [4.78, 5) is 16.8. The van der Waals surface area contributed by atoms with Gasteiger partial charge in [-0.15, -0.1) is 11.3 Å². The number of rotatable bonds is 8. The molecule has 0 unspecified atom stereocenters. The topological polar surface area (TPSA) is 51.2 Å². The first-order chi connectivity index (χ1) is 11.4. The number of nitrogens with zero attached hydrogens (tertiary/aromatic N) is 1. The number of aromatic nitrogens is 1. The average molecular weight is 354 g/mol. The molecule has 0 saturated heterocycles. The number of amides is 1. The van der Waals surface area contributed by atoms with Crippen LogP contribution < -0.4 is 5.32 Å². The van der Waals surface area contributed by atoms with Crippen molar-refractivity contribution >= 4 is 22.4 Å². The molecule has 24 heavy (non-hydrogen) atoms. The number of benzene rings is 1. The Morgan fingerprint density at radius 3 is 2.83 bits per heavy atom. The average Bonchev–Trinajstić information content (AvgIpc) is 2.94. The fourth-order valence-electron chi connectivity index (χ4n) is 1.96. The fraction of sp³-hybridized carbons (Fsp3) is 0.412. The number of hydrogen-bond acceptors (Lipinski definition) is 4. The van der Waals surface area contributed by atoms with Crippen LogP contribution in [0.25, 0.3) is 0 Å². The van der Waals surface area contributed by atoms with Crippen LogP contribution in [0.2, 0.25) is 0 Å². The lowest BCUT2D eigenvalue weighted by atomic mass is 10.1. The molecule has 0 bridgehead atoms. The summed E-state index contributed by atoms with van der Waals surface area (Å²) in [6, 6.07) is 3.80. The molecule has 0 aliphatic rings. The van der Waals surface area contributed by atoms with E-state index in [-0.39, 0.29) is 12.3 Å². The number of carbonyl (C=O) groups excluding carboxylic acids is 1. The first-order valence-electron chi connectivity index (χ1n) is 7.70. The van der Waals surface area contributed by atoms with Crippen molar-refractivity contribution in [3.05, 3.63) is 46.5 Å². The van der Waals surface area contributed by atoms with Gasteiger partial charge in [-0.2, -0.15) is 0 Å². The van der Waals surface area contributed by atoms with E-state index in [4.69, 9.17) is 4.74 Å². The van der Waals surface area contributed by atoms with Gasteiger partial charge in [-0.3, -0.25) is 4.79 Å². The predicted molar refractivity (Wildman–Crippen MR) is 90.2 cm³/mol. The second-order valence-corrected chi connectivity index (χ2v) is 6.94. The minimum absolute atomic E-state index is 0.160. The van der Waals surface area contributed by atoms with Crippen LogP contribution >= 0.6 is 11.3 Å². The van der Waals surface area contributed by atoms with Gasteiger partial charge >= 0.3 is 0 Å². The summed E-state index contributed by atoms with van der Waals surface area (Å²) in [5, 5.41) is 3.20. The zero-order valence-corrected chi connectivity index (χ0v) is 14.5. The predicted octanol–water partition coefficient (Wildman–Crippen LogP) is 4.01. The molecular formula is C17H20F2N2O2S. The Kier molecular flexibility index (Phi) is 6.81. The Morgan fingerprint density at radius 2 is 2.12 bits per heavy atom. The van der Waals surface area contributed by atoms with E-state index in [1.807, 2.05) is 13.8 Å². The normalized spacial score (nSPS) is 11.0. The quantitative estimate of drug-likeness (QED) is 0.729. The zero-order chi connectivity index (χ0) is 17.5. The van der Waals surface area contributed by atoms with Gasteiger partial charge in [-0.25, -0.2) is 13.8 Å². The third-order valence-electron chi connectivity index (χ3n) is 3.09. The molecule has 0 fully saturated rings. The van der Waals surface area contributed by atoms with Crippen LogP contribution in [0.4, 0.5) is 13.9 Å². The summed E-state index contributed by atoms with van der Waals surface area (Å²) in [5.74, 6) is -1.46. The molecule has 1 amide bonds. The molecule has 1 heterocycles. The summed E-state index contributed by atoms with van der Waals surface area (Å²) in [6.45, 7) is 5.09. The molecule has 1 aromatic carbocycles. The lowest BCUT2D eigenvalue weighted by Gasteiger charge is -2.06. The van der Waals surface area contributed by atoms with Gasteiger partial charge in [0.25, 0.3) is 0 Å². The Labute approximate surface area is 143 Å². The molecule has 0 radical (unpaired) electrons. The molecule has 0 atom stereocenters. The van der Waals surface area contributed by atoms with Crippen molar-refractivity contribution in [2.24, 2.45) is 5.92 Å². The molecule has 0 aliphatic heterocycles. The van der Waals surface area contributed by atoms with E-state index >= 15 is 0 Å². The molecule has 0 saturated carbocycles. The lowest BCUT2D eigenvalue weighted by Crippen LogP contribution is -2.15. The van der Waals surface area contributed by atoms with Crippen molar-refractivity contribution < 1.29 is 18.3 Å². The summed E-state index contributed by atoms with van der Waals surface area (Å²) in [5.41, 5.74) is 0.650. The lowest BCUT2D eigenvalue weighted by molar-refractivity contribution is -0.117. The summed E-state index contributed by atoms with van der Waals surface area (Å²) >= 11 is 1.31. The van der Waals surface area contributed by atoms with Gasteiger partial charge in [0, 0.05) is 24.1 Å². The van der Waals surface area contributed by atoms with Crippen molar-refractivity contribution in [1.82, 2.24) is 4.98 Å². The van der Waals surface area contributed by atoms with Crippen LogP contribution in [-0.4, -0.2) is 24.1 Å². The highest BCUT2D eigenvalue weighted by Crippen LogP contribution is 2.22. The maximum absolute atomic E-state index is 13.2. The fourth-order valence-corrected chi connectivity index (χ4v) is 2.83. The molecular weight excluding hydrogens is 334 g/mol. The standard InChI is InChI=1S/C17H20F2N2O2S/c1-11(2)10-23-6-5-16(22)21-17-20-9-13(24-17)7-12-3-4-14(18)15(19)8-12/h3-4,8-9,11H,5-7,10H2,1-2H3,(H,20,21,22). The third-order valence-corrected chi connectivity index (χ3v) is 4.00. The Morgan fingerprint density at radius 1 is 1.33 bits per heavy atom. The Hall–Kier alpha value is -1.86. The van der Waals surface area contributed by atoms with Gasteiger partial charge in [-0.1, -0.05) is 19.9 Å². The smallest absolute Gasteiger partial charge is 0.228 e. The van der Waals surface area contributed by atoms with Crippen LogP contribution in [-0.2, 0) is 16.0 Å². The van der Waals surface area contributed by atoms with Crippen LogP contribution in [0.1, 0.15) is 30.7 Å². The van der Waals surface area contributed by atoms with Gasteiger partial charge in [-0.05, 0) is 23.6 Å². The third kappa shape index (κ3) is 5.98. The molecule has 0 aliphatic carbocycles. The van der Waals surface area contributed by atoms with Crippen molar-refractivity contribution in [2.75, 3.05) is 18.5 Å². The molecule has 1 N–H and O–H groups in total. The molecule has 2 aromatic rings. The molecule has 130 valence electrons. The van der Waals surface area contributed by atoms with Crippen molar-refractivity contribution in [1.29, 1.82) is 0 Å². The van der Waals surface area contributed by atoms with Crippen LogP contribution in [0, 0.1) is 17.6 Å². The number of carbonyl (C=O) groups is 1. The highest BCUT2D eigenvalue weighted by Gasteiger charge is 2.09. The Balaban J connectivity index is 1.82. The summed E-state index contributed by atoms with van der Waals surface area (Å²) < 4.78 is 31.5. The number of halogens is 2.